The van der Waals surface area contributed by atoms with Crippen LogP contribution in [-0.4, -0.2) is 10.9 Å². The van der Waals surface area contributed by atoms with Crippen LogP contribution >= 0.6 is 15.9 Å². The minimum absolute atomic E-state index is 0.177. The van der Waals surface area contributed by atoms with E-state index in [1.807, 2.05) is 30.3 Å². The number of nitrogens with one attached hydrogen (secondary N) is 2. The van der Waals surface area contributed by atoms with E-state index in [-0.39, 0.29) is 5.91 Å². The maximum Gasteiger partial charge on any atom is 0.256 e. The van der Waals surface area contributed by atoms with Crippen LogP contribution < -0.4 is 10.6 Å². The highest BCUT2D eigenvalue weighted by Crippen LogP contribution is 2.20. The molecule has 3 aromatic rings. The number of pyridine rings is 1. The second-order valence-electron chi connectivity index (χ2n) is 5.87. The summed E-state index contributed by atoms with van der Waals surface area (Å²) in [4.78, 5) is 16.7. The molecule has 0 atom stereocenters. The molecule has 0 unspecified atom stereocenters. The molecule has 0 aliphatic rings. The Balaban J connectivity index is 1.70. The molecule has 0 bridgehead atoms. The molecule has 1 amide bonds. The van der Waals surface area contributed by atoms with Gasteiger partial charge in [-0.3, -0.25) is 4.79 Å². The molecule has 0 saturated carbocycles. The van der Waals surface area contributed by atoms with Crippen LogP contribution in [0.3, 0.4) is 0 Å². The lowest BCUT2D eigenvalue weighted by Gasteiger charge is -2.10. The summed E-state index contributed by atoms with van der Waals surface area (Å²) in [7, 11) is 0. The third-order valence-corrected chi connectivity index (χ3v) is 4.33. The molecule has 0 aliphatic carbocycles. The fourth-order valence-electron chi connectivity index (χ4n) is 2.58. The number of anilines is 3. The van der Waals surface area contributed by atoms with Crippen LogP contribution in [0.4, 0.5) is 17.2 Å². The van der Waals surface area contributed by atoms with E-state index in [1.165, 1.54) is 11.1 Å². The number of benzene rings is 2. The highest BCUT2D eigenvalue weighted by Gasteiger charge is 2.09. The molecule has 0 fully saturated rings. The summed E-state index contributed by atoms with van der Waals surface area (Å²) in [5, 5.41) is 6.12. The van der Waals surface area contributed by atoms with E-state index in [4.69, 9.17) is 0 Å². The van der Waals surface area contributed by atoms with Crippen molar-refractivity contribution in [2.24, 2.45) is 0 Å². The normalized spacial score (nSPS) is 10.4. The van der Waals surface area contributed by atoms with Gasteiger partial charge >= 0.3 is 0 Å². The molecule has 5 heteroatoms. The van der Waals surface area contributed by atoms with Crippen LogP contribution in [-0.2, 0) is 0 Å². The molecule has 0 radical (unpaired) electrons. The molecule has 4 nitrogen and oxygen atoms in total. The Hall–Kier alpha value is -2.66. The molecular weight excluding hydrogens is 378 g/mol. The van der Waals surface area contributed by atoms with Crippen LogP contribution in [0.2, 0.25) is 0 Å². The van der Waals surface area contributed by atoms with E-state index in [0.29, 0.717) is 11.3 Å². The van der Waals surface area contributed by atoms with Crippen molar-refractivity contribution in [2.75, 3.05) is 10.6 Å². The molecule has 2 aromatic carbocycles. The monoisotopic (exact) mass is 395 g/mol. The number of hydrogen-bond donors (Lipinski definition) is 2. The number of halogens is 1. The molecule has 25 heavy (non-hydrogen) atoms. The lowest BCUT2D eigenvalue weighted by atomic mass is 10.1. The number of amides is 1. The standard InChI is InChI=1S/C20H18BrN3O/c1-13-9-14(2)11-16(10-13)23-19-8-7-15(12-22-19)24-20(25)17-5-3-4-6-18(17)21/h3-12H,1-2H3,(H,22,23)(H,24,25). The average molecular weight is 396 g/mol. The second-order valence-corrected chi connectivity index (χ2v) is 6.72. The fourth-order valence-corrected chi connectivity index (χ4v) is 3.05. The minimum Gasteiger partial charge on any atom is -0.340 e. The molecule has 0 spiro atoms. The molecule has 0 saturated heterocycles. The summed E-state index contributed by atoms with van der Waals surface area (Å²) < 4.78 is 0.758. The largest absolute Gasteiger partial charge is 0.340 e. The van der Waals surface area contributed by atoms with Crippen molar-refractivity contribution in [1.29, 1.82) is 0 Å². The van der Waals surface area contributed by atoms with Crippen molar-refractivity contribution < 1.29 is 4.79 Å². The lowest BCUT2D eigenvalue weighted by molar-refractivity contribution is 0.102. The number of aryl methyl sites for hydroxylation is 2. The summed E-state index contributed by atoms with van der Waals surface area (Å²) in [5.74, 6) is 0.549. The molecular formula is C20H18BrN3O. The maximum atomic E-state index is 12.3. The Morgan fingerprint density at radius 2 is 1.68 bits per heavy atom. The molecule has 1 heterocycles. The van der Waals surface area contributed by atoms with Gasteiger partial charge in [-0.05, 0) is 77.3 Å². The molecule has 0 aliphatic heterocycles. The van der Waals surface area contributed by atoms with Crippen molar-refractivity contribution in [3.8, 4) is 0 Å². The number of carbonyl (C=O) groups is 1. The Morgan fingerprint density at radius 1 is 0.960 bits per heavy atom. The van der Waals surface area contributed by atoms with Crippen molar-refractivity contribution in [3.05, 3.63) is 82.0 Å². The van der Waals surface area contributed by atoms with Crippen LogP contribution in [0.25, 0.3) is 0 Å². The highest BCUT2D eigenvalue weighted by molar-refractivity contribution is 9.10. The van der Waals surface area contributed by atoms with Gasteiger partial charge in [0.05, 0.1) is 17.4 Å². The van der Waals surface area contributed by atoms with Gasteiger partial charge in [-0.15, -0.1) is 0 Å². The third-order valence-electron chi connectivity index (χ3n) is 3.63. The van der Waals surface area contributed by atoms with Gasteiger partial charge in [0.25, 0.3) is 5.91 Å². The number of nitrogens with zero attached hydrogens (tertiary/aromatic N) is 1. The smallest absolute Gasteiger partial charge is 0.256 e. The first-order valence-corrected chi connectivity index (χ1v) is 8.68. The van der Waals surface area contributed by atoms with Crippen molar-refractivity contribution >= 4 is 39.0 Å². The van der Waals surface area contributed by atoms with Crippen LogP contribution in [0.5, 0.6) is 0 Å². The summed E-state index contributed by atoms with van der Waals surface area (Å²) in [6.07, 6.45) is 1.64. The van der Waals surface area contributed by atoms with E-state index in [9.17, 15) is 4.79 Å². The summed E-state index contributed by atoms with van der Waals surface area (Å²) in [5.41, 5.74) is 4.61. The second kappa shape index (κ2) is 7.49. The summed E-state index contributed by atoms with van der Waals surface area (Å²) in [6.45, 7) is 4.12. The van der Waals surface area contributed by atoms with E-state index >= 15 is 0 Å². The Morgan fingerprint density at radius 3 is 2.32 bits per heavy atom. The number of rotatable bonds is 4. The van der Waals surface area contributed by atoms with Crippen LogP contribution in [0.1, 0.15) is 21.5 Å². The number of aromatic nitrogens is 1. The predicted molar refractivity (Wildman–Crippen MR) is 106 cm³/mol. The fraction of sp³-hybridized carbons (Fsp3) is 0.100. The van der Waals surface area contributed by atoms with Crippen molar-refractivity contribution in [3.63, 3.8) is 0 Å². The molecule has 2 N–H and O–H groups in total. The van der Waals surface area contributed by atoms with Gasteiger partial charge in [0.1, 0.15) is 5.82 Å². The van der Waals surface area contributed by atoms with Gasteiger partial charge in [-0.25, -0.2) is 4.98 Å². The van der Waals surface area contributed by atoms with Crippen LogP contribution in [0, 0.1) is 13.8 Å². The Bertz CT molecular complexity index is 887. The Labute approximate surface area is 155 Å². The molecule has 126 valence electrons. The summed E-state index contributed by atoms with van der Waals surface area (Å²) >= 11 is 3.38. The molecule has 3 rings (SSSR count). The lowest BCUT2D eigenvalue weighted by Crippen LogP contribution is -2.12. The first-order valence-electron chi connectivity index (χ1n) is 7.88. The predicted octanol–water partition coefficient (Wildman–Crippen LogP) is 5.46. The van der Waals surface area contributed by atoms with Gasteiger partial charge in [0, 0.05) is 10.2 Å². The van der Waals surface area contributed by atoms with Crippen molar-refractivity contribution in [1.82, 2.24) is 4.98 Å². The Kier molecular flexibility index (Phi) is 5.14. The van der Waals surface area contributed by atoms with E-state index < -0.39 is 0 Å². The molecule has 1 aromatic heterocycles. The van der Waals surface area contributed by atoms with Gasteiger partial charge in [0.2, 0.25) is 0 Å². The first-order chi connectivity index (χ1) is 12.0. The quantitative estimate of drug-likeness (QED) is 0.616. The van der Waals surface area contributed by atoms with E-state index in [1.54, 1.807) is 12.3 Å². The zero-order chi connectivity index (χ0) is 17.8. The zero-order valence-corrected chi connectivity index (χ0v) is 15.6. The van der Waals surface area contributed by atoms with Crippen LogP contribution in [0.15, 0.2) is 65.3 Å². The third kappa shape index (κ3) is 4.45. The highest BCUT2D eigenvalue weighted by atomic mass is 79.9. The van der Waals surface area contributed by atoms with Gasteiger partial charge < -0.3 is 10.6 Å². The average Bonchev–Trinajstić information content (AvgIpc) is 2.56. The topological polar surface area (TPSA) is 54.0 Å². The van der Waals surface area contributed by atoms with Gasteiger partial charge in [-0.2, -0.15) is 0 Å². The SMILES string of the molecule is Cc1cc(C)cc(Nc2ccc(NC(=O)c3ccccc3Br)cn2)c1. The van der Waals surface area contributed by atoms with Gasteiger partial charge in [0.15, 0.2) is 0 Å². The zero-order valence-electron chi connectivity index (χ0n) is 14.0. The number of hydrogen-bond acceptors (Lipinski definition) is 3. The van der Waals surface area contributed by atoms with Crippen molar-refractivity contribution in [2.45, 2.75) is 13.8 Å². The van der Waals surface area contributed by atoms with E-state index in [0.717, 1.165) is 16.0 Å². The van der Waals surface area contributed by atoms with Gasteiger partial charge in [-0.1, -0.05) is 18.2 Å². The minimum atomic E-state index is -0.177. The summed E-state index contributed by atoms with van der Waals surface area (Å²) in [6, 6.07) is 17.2. The maximum absolute atomic E-state index is 12.3. The first kappa shape index (κ1) is 17.2. The number of carbonyl (C=O) groups excluding carboxylic acids is 1. The van der Waals surface area contributed by atoms with E-state index in [2.05, 4.69) is 63.6 Å².